The number of benzene rings is 2. The zero-order chi connectivity index (χ0) is 28.9. The first-order chi connectivity index (χ1) is 19.2. The quantitative estimate of drug-likeness (QED) is 0.268. The molecular weight excluding hydrogens is 516 g/mol. The maximum atomic E-state index is 13.2. The molecule has 1 fully saturated rings. The normalized spacial score (nSPS) is 15.8. The van der Waals surface area contributed by atoms with Crippen molar-refractivity contribution in [3.05, 3.63) is 65.7 Å². The van der Waals surface area contributed by atoms with E-state index in [4.69, 9.17) is 9.47 Å². The van der Waals surface area contributed by atoms with Crippen LogP contribution in [0.1, 0.15) is 24.5 Å². The molecule has 0 bridgehead atoms. The Morgan fingerprint density at radius 3 is 2.20 bits per heavy atom. The molecule has 11 heteroatoms. The maximum Gasteiger partial charge on any atom is 0.326 e. The monoisotopic (exact) mass is 554 g/mol. The van der Waals surface area contributed by atoms with Crippen molar-refractivity contribution in [3.63, 3.8) is 0 Å². The number of aliphatic carboxylic acids is 1. The predicted molar refractivity (Wildman–Crippen MR) is 148 cm³/mol. The second-order valence-corrected chi connectivity index (χ2v) is 9.71. The number of amides is 3. The summed E-state index contributed by atoms with van der Waals surface area (Å²) in [5.74, 6) is -2.02. The summed E-state index contributed by atoms with van der Waals surface area (Å²) in [6.07, 6.45) is 0.928. The van der Waals surface area contributed by atoms with E-state index in [0.29, 0.717) is 50.5 Å². The lowest BCUT2D eigenvalue weighted by molar-refractivity contribution is -0.142. The number of carboxylic acid groups (broad SMARTS) is 1. The Labute approximate surface area is 234 Å². The number of nitrogens with zero attached hydrogens (tertiary/aromatic N) is 1. The highest BCUT2D eigenvalue weighted by atomic mass is 16.5. The molecule has 3 amide bonds. The maximum absolute atomic E-state index is 13.2. The van der Waals surface area contributed by atoms with Crippen LogP contribution < -0.4 is 20.7 Å². The largest absolute Gasteiger partial charge is 0.497 e. The average molecular weight is 555 g/mol. The number of ether oxygens (including phenoxy) is 2. The molecule has 1 heterocycles. The Morgan fingerprint density at radius 1 is 0.900 bits per heavy atom. The number of methoxy groups -OCH3 is 1. The fourth-order valence-electron chi connectivity index (χ4n) is 4.30. The summed E-state index contributed by atoms with van der Waals surface area (Å²) < 4.78 is 10.4. The van der Waals surface area contributed by atoms with Crippen LogP contribution in [-0.2, 0) is 36.8 Å². The van der Waals surface area contributed by atoms with Crippen LogP contribution in [0.15, 0.2) is 54.6 Å². The van der Waals surface area contributed by atoms with Crippen molar-refractivity contribution in [1.82, 2.24) is 20.9 Å². The summed E-state index contributed by atoms with van der Waals surface area (Å²) >= 11 is 0. The Balaban J connectivity index is 1.60. The van der Waals surface area contributed by atoms with E-state index in [0.717, 1.165) is 5.56 Å². The van der Waals surface area contributed by atoms with Gasteiger partial charge in [-0.25, -0.2) is 4.79 Å². The molecule has 0 saturated carbocycles. The van der Waals surface area contributed by atoms with Crippen molar-refractivity contribution >= 4 is 23.7 Å². The van der Waals surface area contributed by atoms with Crippen LogP contribution >= 0.6 is 0 Å². The lowest BCUT2D eigenvalue weighted by Gasteiger charge is -2.27. The third kappa shape index (κ3) is 9.97. The Bertz CT molecular complexity index is 1120. The van der Waals surface area contributed by atoms with E-state index in [1.165, 1.54) is 14.0 Å². The summed E-state index contributed by atoms with van der Waals surface area (Å²) in [6, 6.07) is 13.4. The molecule has 1 aliphatic rings. The van der Waals surface area contributed by atoms with Crippen molar-refractivity contribution in [2.45, 2.75) is 44.3 Å². The minimum absolute atomic E-state index is 0.0586. The molecule has 0 aliphatic carbocycles. The minimum Gasteiger partial charge on any atom is -0.497 e. The molecule has 1 aliphatic heterocycles. The number of hydrogen-bond acceptors (Lipinski definition) is 7. The van der Waals surface area contributed by atoms with Gasteiger partial charge in [-0.2, -0.15) is 0 Å². The van der Waals surface area contributed by atoms with E-state index in [2.05, 4.69) is 16.0 Å². The summed E-state index contributed by atoms with van der Waals surface area (Å²) in [4.78, 5) is 52.6. The number of nitrogens with one attached hydrogen (secondary N) is 3. The van der Waals surface area contributed by atoms with Crippen LogP contribution in [-0.4, -0.2) is 91.8 Å². The molecule has 11 nitrogen and oxygen atoms in total. The van der Waals surface area contributed by atoms with Crippen LogP contribution in [0.4, 0.5) is 0 Å². The van der Waals surface area contributed by atoms with Gasteiger partial charge < -0.3 is 30.5 Å². The summed E-state index contributed by atoms with van der Waals surface area (Å²) in [5.41, 5.74) is 1.71. The average Bonchev–Trinajstić information content (AvgIpc) is 2.96. The van der Waals surface area contributed by atoms with E-state index in [1.807, 2.05) is 35.2 Å². The van der Waals surface area contributed by atoms with Crippen molar-refractivity contribution in [2.24, 2.45) is 0 Å². The molecule has 0 radical (unpaired) electrons. The van der Waals surface area contributed by atoms with Crippen LogP contribution in [0.2, 0.25) is 0 Å². The van der Waals surface area contributed by atoms with Crippen LogP contribution in [0, 0.1) is 0 Å². The van der Waals surface area contributed by atoms with Gasteiger partial charge in [0.1, 0.15) is 23.9 Å². The third-order valence-electron chi connectivity index (χ3n) is 6.65. The standard InChI is InChI=1S/C29H38N4O7/c1-20(27(35)32-25(29(37)38)18-22-8-11-23(39-2)12-9-22)30-28(36)24(13-10-21-6-4-3-5-7-21)31-26(34)19-33-14-16-40-17-15-33/h3-9,11-12,20,24-25H,10,13-19H2,1-2H3,(H,30,36)(H,31,34)(H,32,35)(H,37,38)/t20-,24-,25-/m0/s1. The second kappa shape index (κ2) is 15.6. The Morgan fingerprint density at radius 2 is 1.57 bits per heavy atom. The molecule has 216 valence electrons. The SMILES string of the molecule is COc1ccc(C[C@H](NC(=O)[C@H](C)NC(=O)[C@H](CCc2ccccc2)NC(=O)CN2CCOCC2)C(=O)O)cc1. The lowest BCUT2D eigenvalue weighted by atomic mass is 10.0. The summed E-state index contributed by atoms with van der Waals surface area (Å²) in [6.45, 7) is 3.98. The summed E-state index contributed by atoms with van der Waals surface area (Å²) in [7, 11) is 1.53. The molecule has 2 aromatic rings. The van der Waals surface area contributed by atoms with Gasteiger partial charge in [-0.15, -0.1) is 0 Å². The van der Waals surface area contributed by atoms with Gasteiger partial charge in [-0.05, 0) is 43.0 Å². The Kier molecular flexibility index (Phi) is 11.9. The molecule has 1 saturated heterocycles. The molecule has 2 aromatic carbocycles. The first-order valence-corrected chi connectivity index (χ1v) is 13.3. The van der Waals surface area contributed by atoms with Gasteiger partial charge in [0.25, 0.3) is 0 Å². The van der Waals surface area contributed by atoms with E-state index in [1.54, 1.807) is 24.3 Å². The van der Waals surface area contributed by atoms with Gasteiger partial charge in [-0.1, -0.05) is 42.5 Å². The first kappa shape index (κ1) is 30.6. The van der Waals surface area contributed by atoms with E-state index >= 15 is 0 Å². The highest BCUT2D eigenvalue weighted by molar-refractivity contribution is 5.93. The predicted octanol–water partition coefficient (Wildman–Crippen LogP) is 0.762. The number of morpholine rings is 1. The number of carbonyl (C=O) groups excluding carboxylic acids is 3. The van der Waals surface area contributed by atoms with E-state index in [9.17, 15) is 24.3 Å². The lowest BCUT2D eigenvalue weighted by Crippen LogP contribution is -2.56. The molecular formula is C29H38N4O7. The van der Waals surface area contributed by atoms with E-state index < -0.39 is 35.9 Å². The molecule has 0 spiro atoms. The zero-order valence-corrected chi connectivity index (χ0v) is 22.9. The molecule has 40 heavy (non-hydrogen) atoms. The highest BCUT2D eigenvalue weighted by Gasteiger charge is 2.28. The number of aryl methyl sites for hydroxylation is 1. The molecule has 0 unspecified atom stereocenters. The summed E-state index contributed by atoms with van der Waals surface area (Å²) in [5, 5.41) is 17.6. The Hall–Kier alpha value is -3.96. The van der Waals surface area contributed by atoms with Gasteiger partial charge in [0.15, 0.2) is 0 Å². The first-order valence-electron chi connectivity index (χ1n) is 13.3. The molecule has 4 N–H and O–H groups in total. The number of rotatable bonds is 14. The van der Waals surface area contributed by atoms with Gasteiger partial charge >= 0.3 is 5.97 Å². The van der Waals surface area contributed by atoms with Crippen LogP contribution in [0.25, 0.3) is 0 Å². The third-order valence-corrected chi connectivity index (χ3v) is 6.65. The zero-order valence-electron chi connectivity index (χ0n) is 22.9. The second-order valence-electron chi connectivity index (χ2n) is 9.71. The topological polar surface area (TPSA) is 146 Å². The van der Waals surface area contributed by atoms with Crippen molar-refractivity contribution in [1.29, 1.82) is 0 Å². The van der Waals surface area contributed by atoms with Gasteiger partial charge in [0, 0.05) is 19.5 Å². The van der Waals surface area contributed by atoms with Gasteiger partial charge in [-0.3, -0.25) is 19.3 Å². The van der Waals surface area contributed by atoms with E-state index in [-0.39, 0.29) is 18.9 Å². The highest BCUT2D eigenvalue weighted by Crippen LogP contribution is 2.13. The molecule has 3 atom stereocenters. The van der Waals surface area contributed by atoms with Crippen LogP contribution in [0.5, 0.6) is 5.75 Å². The van der Waals surface area contributed by atoms with Gasteiger partial charge in [0.05, 0.1) is 26.9 Å². The number of carboxylic acids is 1. The fraction of sp³-hybridized carbons (Fsp3) is 0.448. The van der Waals surface area contributed by atoms with Gasteiger partial charge in [0.2, 0.25) is 17.7 Å². The van der Waals surface area contributed by atoms with Crippen LogP contribution in [0.3, 0.4) is 0 Å². The van der Waals surface area contributed by atoms with Crippen molar-refractivity contribution in [2.75, 3.05) is 40.0 Å². The minimum atomic E-state index is -1.20. The van der Waals surface area contributed by atoms with Crippen molar-refractivity contribution < 1.29 is 33.8 Å². The fourth-order valence-corrected chi connectivity index (χ4v) is 4.30. The molecule has 0 aromatic heterocycles. The number of carbonyl (C=O) groups is 4. The smallest absolute Gasteiger partial charge is 0.326 e. The van der Waals surface area contributed by atoms with Crippen molar-refractivity contribution in [3.8, 4) is 5.75 Å². The molecule has 3 rings (SSSR count). The number of hydrogen-bond donors (Lipinski definition) is 4.